The summed E-state index contributed by atoms with van der Waals surface area (Å²) in [6.07, 6.45) is 1.32. The standard InChI is InChI=1S/C17H30N4O6S/c1-9(2)6-11(19-14(23)10(18)7-22)16(25)21-5-3-4-13(21)15(24)20-12(8-28)17(26)27/h9-13,22,28H,3-8,18H2,1-2H3,(H,19,23)(H,20,24)(H,26,27). The molecule has 0 aromatic heterocycles. The van der Waals surface area contributed by atoms with E-state index in [1.165, 1.54) is 4.90 Å². The summed E-state index contributed by atoms with van der Waals surface area (Å²) in [4.78, 5) is 50.1. The molecule has 4 atom stereocenters. The van der Waals surface area contributed by atoms with Gasteiger partial charge in [-0.05, 0) is 25.2 Å². The topological polar surface area (TPSA) is 162 Å². The highest BCUT2D eigenvalue weighted by molar-refractivity contribution is 7.80. The zero-order valence-corrected chi connectivity index (χ0v) is 17.0. The summed E-state index contributed by atoms with van der Waals surface area (Å²) < 4.78 is 0. The van der Waals surface area contributed by atoms with Crippen LogP contribution in [0.1, 0.15) is 33.1 Å². The molecule has 1 fully saturated rings. The number of thiol groups is 1. The number of carboxylic acid groups (broad SMARTS) is 1. The van der Waals surface area contributed by atoms with Crippen molar-refractivity contribution in [3.05, 3.63) is 0 Å². The van der Waals surface area contributed by atoms with Gasteiger partial charge in [-0.15, -0.1) is 0 Å². The highest BCUT2D eigenvalue weighted by Crippen LogP contribution is 2.20. The van der Waals surface area contributed by atoms with E-state index in [9.17, 15) is 19.2 Å². The van der Waals surface area contributed by atoms with Gasteiger partial charge in [0.2, 0.25) is 17.7 Å². The molecule has 0 radical (unpaired) electrons. The first-order valence-corrected chi connectivity index (χ1v) is 9.86. The van der Waals surface area contributed by atoms with Gasteiger partial charge in [0.25, 0.3) is 0 Å². The Bertz CT molecular complexity index is 588. The lowest BCUT2D eigenvalue weighted by molar-refractivity contribution is -0.144. The minimum atomic E-state index is -1.21. The largest absolute Gasteiger partial charge is 0.480 e. The van der Waals surface area contributed by atoms with Crippen molar-refractivity contribution < 1.29 is 29.4 Å². The van der Waals surface area contributed by atoms with Crippen molar-refractivity contribution in [3.8, 4) is 0 Å². The number of aliphatic carboxylic acids is 1. The Morgan fingerprint density at radius 3 is 2.36 bits per heavy atom. The SMILES string of the molecule is CC(C)CC(NC(=O)C(N)CO)C(=O)N1CCCC1C(=O)NC(CS)C(=O)O. The van der Waals surface area contributed by atoms with Crippen LogP contribution in [0.5, 0.6) is 0 Å². The first kappa shape index (κ1) is 24.2. The molecule has 1 rings (SSSR count). The molecule has 0 saturated carbocycles. The van der Waals surface area contributed by atoms with Gasteiger partial charge in [-0.3, -0.25) is 14.4 Å². The van der Waals surface area contributed by atoms with Crippen LogP contribution in [-0.4, -0.2) is 81.9 Å². The summed E-state index contributed by atoms with van der Waals surface area (Å²) in [7, 11) is 0. The molecule has 1 aliphatic rings. The Morgan fingerprint density at radius 2 is 1.86 bits per heavy atom. The molecule has 160 valence electrons. The number of aliphatic hydroxyl groups excluding tert-OH is 1. The summed E-state index contributed by atoms with van der Waals surface area (Å²) >= 11 is 3.92. The van der Waals surface area contributed by atoms with Gasteiger partial charge in [0, 0.05) is 12.3 Å². The number of nitrogens with zero attached hydrogens (tertiary/aromatic N) is 1. The van der Waals surface area contributed by atoms with Gasteiger partial charge in [-0.2, -0.15) is 12.6 Å². The van der Waals surface area contributed by atoms with Crippen molar-refractivity contribution >= 4 is 36.3 Å². The fraction of sp³-hybridized carbons (Fsp3) is 0.765. The van der Waals surface area contributed by atoms with Gasteiger partial charge in [0.1, 0.15) is 24.2 Å². The third-order valence-corrected chi connectivity index (χ3v) is 4.86. The summed E-state index contributed by atoms with van der Waals surface area (Å²) in [5, 5.41) is 23.1. The lowest BCUT2D eigenvalue weighted by Crippen LogP contribution is -2.57. The van der Waals surface area contributed by atoms with Crippen LogP contribution >= 0.6 is 12.6 Å². The highest BCUT2D eigenvalue weighted by Gasteiger charge is 2.39. The molecule has 0 spiro atoms. The zero-order chi connectivity index (χ0) is 21.4. The van der Waals surface area contributed by atoms with Gasteiger partial charge in [-0.25, -0.2) is 4.79 Å². The second-order valence-corrected chi connectivity index (χ2v) is 7.62. The highest BCUT2D eigenvalue weighted by atomic mass is 32.1. The van der Waals surface area contributed by atoms with Gasteiger partial charge in [0.15, 0.2) is 0 Å². The third-order valence-electron chi connectivity index (χ3n) is 4.49. The lowest BCUT2D eigenvalue weighted by atomic mass is 10.0. The normalized spacial score (nSPS) is 19.8. The molecule has 1 aliphatic heterocycles. The third kappa shape index (κ3) is 6.64. The average Bonchev–Trinajstić information content (AvgIpc) is 3.13. The molecular weight excluding hydrogens is 388 g/mol. The number of hydrogen-bond donors (Lipinski definition) is 6. The number of nitrogens with one attached hydrogen (secondary N) is 2. The first-order chi connectivity index (χ1) is 13.1. The van der Waals surface area contributed by atoms with Gasteiger partial charge >= 0.3 is 5.97 Å². The smallest absolute Gasteiger partial charge is 0.327 e. The van der Waals surface area contributed by atoms with Crippen LogP contribution in [0.2, 0.25) is 0 Å². The number of carbonyl (C=O) groups is 4. The molecule has 3 amide bonds. The molecule has 0 bridgehead atoms. The van der Waals surface area contributed by atoms with Crippen LogP contribution in [0.3, 0.4) is 0 Å². The maximum absolute atomic E-state index is 13.0. The number of amides is 3. The van der Waals surface area contributed by atoms with Crippen LogP contribution in [-0.2, 0) is 19.2 Å². The molecule has 6 N–H and O–H groups in total. The van der Waals surface area contributed by atoms with Crippen molar-refractivity contribution in [2.45, 2.75) is 57.3 Å². The van der Waals surface area contributed by atoms with Crippen molar-refractivity contribution in [2.24, 2.45) is 11.7 Å². The van der Waals surface area contributed by atoms with Crippen molar-refractivity contribution in [3.63, 3.8) is 0 Å². The van der Waals surface area contributed by atoms with Crippen molar-refractivity contribution in [2.75, 3.05) is 18.9 Å². The van der Waals surface area contributed by atoms with E-state index in [4.69, 9.17) is 15.9 Å². The second kappa shape index (κ2) is 11.2. The summed E-state index contributed by atoms with van der Waals surface area (Å²) in [5.41, 5.74) is 5.51. The fourth-order valence-corrected chi connectivity index (χ4v) is 3.26. The molecule has 28 heavy (non-hydrogen) atoms. The minimum Gasteiger partial charge on any atom is -0.480 e. The Kier molecular flexibility index (Phi) is 9.70. The second-order valence-electron chi connectivity index (χ2n) is 7.25. The molecule has 10 nitrogen and oxygen atoms in total. The van der Waals surface area contributed by atoms with E-state index < -0.39 is 54.5 Å². The predicted octanol–water partition coefficient (Wildman–Crippen LogP) is -1.67. The monoisotopic (exact) mass is 418 g/mol. The number of rotatable bonds is 10. The number of carboxylic acids is 1. The van der Waals surface area contributed by atoms with E-state index in [0.29, 0.717) is 25.8 Å². The summed E-state index contributed by atoms with van der Waals surface area (Å²) in [6, 6.07) is -4.00. The fourth-order valence-electron chi connectivity index (χ4n) is 3.01. The molecule has 0 aliphatic carbocycles. The van der Waals surface area contributed by atoms with Crippen LogP contribution in [0, 0.1) is 5.92 Å². The van der Waals surface area contributed by atoms with Crippen LogP contribution in [0.15, 0.2) is 0 Å². The maximum Gasteiger partial charge on any atom is 0.327 e. The Labute approximate surface area is 169 Å². The van der Waals surface area contributed by atoms with Crippen LogP contribution in [0.4, 0.5) is 0 Å². The van der Waals surface area contributed by atoms with E-state index in [1.807, 2.05) is 13.8 Å². The Hall–Kier alpha value is -1.85. The van der Waals surface area contributed by atoms with E-state index in [2.05, 4.69) is 23.3 Å². The summed E-state index contributed by atoms with van der Waals surface area (Å²) in [6.45, 7) is 3.54. The van der Waals surface area contributed by atoms with Gasteiger partial charge in [0.05, 0.1) is 6.61 Å². The molecule has 1 heterocycles. The van der Waals surface area contributed by atoms with E-state index >= 15 is 0 Å². The lowest BCUT2D eigenvalue weighted by Gasteiger charge is -2.30. The van der Waals surface area contributed by atoms with Crippen molar-refractivity contribution in [1.29, 1.82) is 0 Å². The predicted molar refractivity (Wildman–Crippen MR) is 105 cm³/mol. The number of nitrogens with two attached hydrogens (primary N) is 1. The van der Waals surface area contributed by atoms with E-state index in [1.54, 1.807) is 0 Å². The van der Waals surface area contributed by atoms with Crippen molar-refractivity contribution in [1.82, 2.24) is 15.5 Å². The number of carbonyl (C=O) groups excluding carboxylic acids is 3. The molecule has 4 unspecified atom stereocenters. The molecule has 11 heteroatoms. The number of likely N-dealkylation sites (tertiary alicyclic amines) is 1. The minimum absolute atomic E-state index is 0.0766. The summed E-state index contributed by atoms with van der Waals surface area (Å²) in [5.74, 6) is -2.84. The van der Waals surface area contributed by atoms with Crippen LogP contribution in [0.25, 0.3) is 0 Å². The first-order valence-electron chi connectivity index (χ1n) is 9.23. The maximum atomic E-state index is 13.0. The Morgan fingerprint density at radius 1 is 1.21 bits per heavy atom. The zero-order valence-electron chi connectivity index (χ0n) is 16.1. The average molecular weight is 419 g/mol. The Balaban J connectivity index is 2.92. The van der Waals surface area contributed by atoms with E-state index in [-0.39, 0.29) is 11.7 Å². The quantitative estimate of drug-likeness (QED) is 0.231. The number of hydrogen-bond acceptors (Lipinski definition) is 7. The molecular formula is C17H30N4O6S. The van der Waals surface area contributed by atoms with E-state index in [0.717, 1.165) is 0 Å². The van der Waals surface area contributed by atoms with Crippen LogP contribution < -0.4 is 16.4 Å². The van der Waals surface area contributed by atoms with Gasteiger partial charge < -0.3 is 31.5 Å². The molecule has 0 aromatic carbocycles. The number of aliphatic hydroxyl groups is 1. The molecule has 1 saturated heterocycles. The molecule has 0 aromatic rings. The van der Waals surface area contributed by atoms with Gasteiger partial charge in [-0.1, -0.05) is 13.8 Å².